The van der Waals surface area contributed by atoms with Gasteiger partial charge < -0.3 is 4.74 Å². The van der Waals surface area contributed by atoms with Gasteiger partial charge in [0.1, 0.15) is 11.4 Å². The summed E-state index contributed by atoms with van der Waals surface area (Å²) >= 11 is 7.51. The van der Waals surface area contributed by atoms with Crippen LogP contribution in [-0.4, -0.2) is 10.4 Å². The fourth-order valence-corrected chi connectivity index (χ4v) is 4.88. The molecule has 0 aromatic heterocycles. The van der Waals surface area contributed by atoms with Gasteiger partial charge in [0.2, 0.25) is 0 Å². The van der Waals surface area contributed by atoms with E-state index >= 15 is 0 Å². The second-order valence-corrected chi connectivity index (χ2v) is 8.69. The predicted octanol–water partition coefficient (Wildman–Crippen LogP) is 5.34. The van der Waals surface area contributed by atoms with Gasteiger partial charge in [-0.05, 0) is 59.2 Å². The lowest BCUT2D eigenvalue weighted by molar-refractivity contribution is -0.0777. The Morgan fingerprint density at radius 3 is 2.74 bits per heavy atom. The Morgan fingerprint density at radius 1 is 1.26 bits per heavy atom. The van der Waals surface area contributed by atoms with Gasteiger partial charge in [0.15, 0.2) is 0 Å². The lowest BCUT2D eigenvalue weighted by atomic mass is 9.59. The van der Waals surface area contributed by atoms with E-state index in [2.05, 4.69) is 70.8 Å². The molecule has 0 unspecified atom stereocenters. The monoisotopic (exact) mass is 386 g/mol. The van der Waals surface area contributed by atoms with E-state index in [0.717, 1.165) is 23.1 Å². The maximum atomic E-state index is 6.47. The molecule has 1 nitrogen and oxygen atoms in total. The number of rotatable bonds is 0. The summed E-state index contributed by atoms with van der Waals surface area (Å²) in [5.41, 5.74) is 1.56. The summed E-state index contributed by atoms with van der Waals surface area (Å²) in [7, 11) is 0. The van der Waals surface area contributed by atoms with Crippen LogP contribution in [0.15, 0.2) is 22.7 Å². The fraction of sp³-hybridized carbons (Fsp3) is 0.625. The average molecular weight is 388 g/mol. The van der Waals surface area contributed by atoms with Crippen molar-refractivity contribution in [2.45, 2.75) is 50.5 Å². The molecule has 1 aliphatic carbocycles. The van der Waals surface area contributed by atoms with Gasteiger partial charge in [-0.2, -0.15) is 0 Å². The molecule has 0 N–H and O–H groups in total. The lowest BCUT2D eigenvalue weighted by Gasteiger charge is -2.55. The second kappa shape index (κ2) is 4.49. The summed E-state index contributed by atoms with van der Waals surface area (Å²) in [5.74, 6) is 1.62. The first-order valence-corrected chi connectivity index (χ1v) is 8.66. The van der Waals surface area contributed by atoms with Gasteiger partial charge >= 0.3 is 0 Å². The summed E-state index contributed by atoms with van der Waals surface area (Å²) in [6.45, 7) is 7.04. The minimum Gasteiger partial charge on any atom is -0.486 e. The first kappa shape index (κ1) is 13.9. The van der Waals surface area contributed by atoms with E-state index in [-0.39, 0.29) is 11.0 Å². The summed E-state index contributed by atoms with van der Waals surface area (Å²) in [6, 6.07) is 6.38. The maximum Gasteiger partial charge on any atom is 0.137 e. The number of halogens is 2. The molecule has 19 heavy (non-hydrogen) atoms. The quantitative estimate of drug-likeness (QED) is 0.545. The Hall–Kier alpha value is -0.0200. The van der Waals surface area contributed by atoms with Crippen LogP contribution in [0.3, 0.4) is 0 Å². The van der Waals surface area contributed by atoms with Gasteiger partial charge in [0.05, 0.1) is 4.47 Å². The molecule has 0 spiro atoms. The predicted molar refractivity (Wildman–Crippen MR) is 86.1 cm³/mol. The average Bonchev–Trinajstić information content (AvgIpc) is 2.35. The third-order valence-electron chi connectivity index (χ3n) is 5.14. The molecule has 1 saturated carbocycles. The molecule has 2 aliphatic rings. The Labute approximate surface area is 132 Å². The Morgan fingerprint density at radius 2 is 2.00 bits per heavy atom. The topological polar surface area (TPSA) is 9.23 Å². The Balaban J connectivity index is 2.07. The van der Waals surface area contributed by atoms with Crippen molar-refractivity contribution in [2.75, 3.05) is 0 Å². The molecule has 1 fully saturated rings. The molecule has 0 radical (unpaired) electrons. The van der Waals surface area contributed by atoms with E-state index < -0.39 is 0 Å². The molecule has 3 atom stereocenters. The molecular formula is C16H20Br2O. The highest BCUT2D eigenvalue weighted by molar-refractivity contribution is 9.10. The van der Waals surface area contributed by atoms with Gasteiger partial charge in [-0.1, -0.05) is 41.9 Å². The van der Waals surface area contributed by atoms with Crippen LogP contribution < -0.4 is 4.74 Å². The fourth-order valence-electron chi connectivity index (χ4n) is 3.85. The zero-order chi connectivity index (χ0) is 13.8. The van der Waals surface area contributed by atoms with Crippen LogP contribution in [0, 0.1) is 11.3 Å². The third-order valence-corrected chi connectivity index (χ3v) is 7.41. The van der Waals surface area contributed by atoms with Crippen LogP contribution in [0.2, 0.25) is 0 Å². The molecule has 0 amide bonds. The van der Waals surface area contributed by atoms with Crippen LogP contribution in [0.5, 0.6) is 5.75 Å². The van der Waals surface area contributed by atoms with Gasteiger partial charge in [-0.3, -0.25) is 0 Å². The summed E-state index contributed by atoms with van der Waals surface area (Å²) in [4.78, 5) is 0.579. The van der Waals surface area contributed by atoms with E-state index in [9.17, 15) is 0 Å². The first-order valence-electron chi connectivity index (χ1n) is 6.95. The van der Waals surface area contributed by atoms with E-state index in [1.165, 1.54) is 12.0 Å². The van der Waals surface area contributed by atoms with Crippen LogP contribution in [0.4, 0.5) is 0 Å². The minimum absolute atomic E-state index is 0.0371. The normalized spacial score (nSPS) is 36.1. The minimum atomic E-state index is -0.0371. The van der Waals surface area contributed by atoms with Crippen molar-refractivity contribution in [3.63, 3.8) is 0 Å². The molecule has 0 saturated heterocycles. The molecule has 1 aliphatic heterocycles. The van der Waals surface area contributed by atoms with Crippen LogP contribution >= 0.6 is 31.9 Å². The van der Waals surface area contributed by atoms with E-state index in [1.54, 1.807) is 0 Å². The molecular weight excluding hydrogens is 368 g/mol. The molecule has 3 rings (SSSR count). The van der Waals surface area contributed by atoms with Gasteiger partial charge in [-0.15, -0.1) is 0 Å². The maximum absolute atomic E-state index is 6.47. The summed E-state index contributed by atoms with van der Waals surface area (Å²) in [5, 5.41) is 0. The van der Waals surface area contributed by atoms with Crippen molar-refractivity contribution in [3.05, 3.63) is 28.2 Å². The van der Waals surface area contributed by atoms with Crippen molar-refractivity contribution in [2.24, 2.45) is 11.3 Å². The Bertz CT molecular complexity index is 511. The van der Waals surface area contributed by atoms with Crippen molar-refractivity contribution in [3.8, 4) is 5.75 Å². The number of hydrogen-bond acceptors (Lipinski definition) is 1. The summed E-state index contributed by atoms with van der Waals surface area (Å²) < 4.78 is 7.56. The van der Waals surface area contributed by atoms with Crippen molar-refractivity contribution < 1.29 is 4.74 Å². The molecule has 1 heterocycles. The highest BCUT2D eigenvalue weighted by atomic mass is 79.9. The highest BCUT2D eigenvalue weighted by Gasteiger charge is 2.54. The van der Waals surface area contributed by atoms with Crippen LogP contribution in [0.1, 0.15) is 39.2 Å². The largest absolute Gasteiger partial charge is 0.486 e. The third kappa shape index (κ3) is 2.08. The van der Waals surface area contributed by atoms with Crippen molar-refractivity contribution in [1.29, 1.82) is 0 Å². The van der Waals surface area contributed by atoms with E-state index in [4.69, 9.17) is 4.74 Å². The van der Waals surface area contributed by atoms with Gasteiger partial charge in [0, 0.05) is 10.7 Å². The Kier molecular flexibility index (Phi) is 3.29. The number of para-hydroxylation sites is 1. The molecule has 1 aromatic carbocycles. The zero-order valence-corrected chi connectivity index (χ0v) is 14.8. The molecule has 104 valence electrons. The number of benzene rings is 1. The van der Waals surface area contributed by atoms with Gasteiger partial charge in [-0.25, -0.2) is 0 Å². The standard InChI is InChI=1S/C16H20Br2O/c1-15(2)12-9-10-5-4-6-11(17)14(10)19-16(12,3)8-7-13(15)18/h4-6,12-13H,7-9H2,1-3H3/t12-,13-,16-/m0/s1. The highest BCUT2D eigenvalue weighted by Crippen LogP contribution is 2.55. The summed E-state index contributed by atoms with van der Waals surface area (Å²) in [6.07, 6.45) is 3.41. The zero-order valence-electron chi connectivity index (χ0n) is 11.7. The lowest BCUT2D eigenvalue weighted by Crippen LogP contribution is -2.57. The SMILES string of the molecule is CC1(C)[C@@H](Br)CC[C@]2(C)Oc3c(Br)cccc3C[C@@H]12. The van der Waals surface area contributed by atoms with Crippen LogP contribution in [0.25, 0.3) is 0 Å². The first-order chi connectivity index (χ1) is 8.84. The van der Waals surface area contributed by atoms with E-state index in [1.807, 2.05) is 0 Å². The van der Waals surface area contributed by atoms with Gasteiger partial charge in [0.25, 0.3) is 0 Å². The van der Waals surface area contributed by atoms with Crippen LogP contribution in [-0.2, 0) is 6.42 Å². The molecule has 1 aromatic rings. The number of fused-ring (bicyclic) bond motifs is 2. The van der Waals surface area contributed by atoms with E-state index in [0.29, 0.717) is 10.7 Å². The molecule has 3 heteroatoms. The number of alkyl halides is 1. The number of ether oxygens (including phenoxy) is 1. The van der Waals surface area contributed by atoms with Crippen molar-refractivity contribution in [1.82, 2.24) is 0 Å². The molecule has 0 bridgehead atoms. The second-order valence-electron chi connectivity index (χ2n) is 6.73. The smallest absolute Gasteiger partial charge is 0.137 e. The van der Waals surface area contributed by atoms with Crippen molar-refractivity contribution >= 4 is 31.9 Å². The number of hydrogen-bond donors (Lipinski definition) is 0.